The Kier molecular flexibility index (Phi) is 2.55. The van der Waals surface area contributed by atoms with E-state index in [1.165, 1.54) is 0 Å². The summed E-state index contributed by atoms with van der Waals surface area (Å²) in [5.41, 5.74) is 0.961. The van der Waals surface area contributed by atoms with Crippen molar-refractivity contribution in [2.75, 3.05) is 13.1 Å². The minimum atomic E-state index is -0.172. The summed E-state index contributed by atoms with van der Waals surface area (Å²) in [7, 11) is 0. The molecule has 0 unspecified atom stereocenters. The Morgan fingerprint density at radius 2 is 2.29 bits per heavy atom. The number of piperidine rings is 1. The molecule has 0 aromatic carbocycles. The fraction of sp³-hybridized carbons (Fsp3) is 0.545. The van der Waals surface area contributed by atoms with Crippen LogP contribution in [-0.2, 0) is 6.42 Å². The van der Waals surface area contributed by atoms with E-state index in [-0.39, 0.29) is 5.41 Å². The van der Waals surface area contributed by atoms with Gasteiger partial charge in [0.1, 0.15) is 0 Å². The van der Waals surface area contributed by atoms with E-state index in [2.05, 4.69) is 11.4 Å². The van der Waals surface area contributed by atoms with Gasteiger partial charge in [-0.3, -0.25) is 0 Å². The molecule has 0 radical (unpaired) electrons. The molecule has 0 saturated carbocycles. The lowest BCUT2D eigenvalue weighted by atomic mass is 9.76. The third kappa shape index (κ3) is 1.80. The molecule has 0 atom stereocenters. The molecule has 3 nitrogen and oxygen atoms in total. The zero-order valence-corrected chi connectivity index (χ0v) is 8.12. The lowest BCUT2D eigenvalue weighted by Gasteiger charge is -2.30. The van der Waals surface area contributed by atoms with E-state index in [0.29, 0.717) is 0 Å². The summed E-state index contributed by atoms with van der Waals surface area (Å²) in [5.74, 6) is 0. The molecule has 0 amide bonds. The topological polar surface area (TPSA) is 49.0 Å². The van der Waals surface area contributed by atoms with Crippen LogP contribution in [0, 0.1) is 16.7 Å². The van der Waals surface area contributed by atoms with Crippen LogP contribution < -0.4 is 5.32 Å². The van der Waals surface area contributed by atoms with Gasteiger partial charge in [0.05, 0.1) is 24.0 Å². The van der Waals surface area contributed by atoms with Crippen LogP contribution in [0.2, 0.25) is 0 Å². The van der Waals surface area contributed by atoms with Crippen LogP contribution in [0.3, 0.4) is 0 Å². The zero-order valence-electron chi connectivity index (χ0n) is 8.12. The number of hydrogen-bond acceptors (Lipinski definition) is 3. The van der Waals surface area contributed by atoms with Crippen molar-refractivity contribution in [3.8, 4) is 6.07 Å². The highest BCUT2D eigenvalue weighted by molar-refractivity contribution is 5.14. The standard InChI is InChI=1S/C11H14N2O/c12-9-11(2-4-13-5-3-11)7-10-1-6-14-8-10/h1,6,8,13H,2-5,7H2. The number of nitrogens with one attached hydrogen (secondary N) is 1. The van der Waals surface area contributed by atoms with Crippen LogP contribution in [0.25, 0.3) is 0 Å². The first kappa shape index (κ1) is 9.29. The smallest absolute Gasteiger partial charge is 0.0935 e. The summed E-state index contributed by atoms with van der Waals surface area (Å²) < 4.78 is 5.02. The molecule has 1 N–H and O–H groups in total. The van der Waals surface area contributed by atoms with Crippen LogP contribution in [0.5, 0.6) is 0 Å². The summed E-state index contributed by atoms with van der Waals surface area (Å²) in [6, 6.07) is 4.42. The molecule has 74 valence electrons. The van der Waals surface area contributed by atoms with Crippen LogP contribution in [-0.4, -0.2) is 13.1 Å². The molecule has 0 aliphatic carbocycles. The van der Waals surface area contributed by atoms with Gasteiger partial charge >= 0.3 is 0 Å². The summed E-state index contributed by atoms with van der Waals surface area (Å²) in [6.07, 6.45) is 6.10. The highest BCUT2D eigenvalue weighted by atomic mass is 16.3. The Morgan fingerprint density at radius 1 is 1.50 bits per heavy atom. The monoisotopic (exact) mass is 190 g/mol. The summed E-state index contributed by atoms with van der Waals surface area (Å²) in [4.78, 5) is 0. The van der Waals surface area contributed by atoms with Gasteiger partial charge in [-0.1, -0.05) is 0 Å². The van der Waals surface area contributed by atoms with Crippen molar-refractivity contribution >= 4 is 0 Å². The zero-order chi connectivity index (χ0) is 9.86. The predicted molar refractivity (Wildman–Crippen MR) is 52.6 cm³/mol. The van der Waals surface area contributed by atoms with E-state index in [1.54, 1.807) is 12.5 Å². The lowest BCUT2D eigenvalue weighted by Crippen LogP contribution is -2.37. The van der Waals surface area contributed by atoms with Crippen LogP contribution in [0.4, 0.5) is 0 Å². The second-order valence-electron chi connectivity index (χ2n) is 3.95. The summed E-state index contributed by atoms with van der Waals surface area (Å²) in [5, 5.41) is 12.5. The molecule has 0 spiro atoms. The van der Waals surface area contributed by atoms with E-state index < -0.39 is 0 Å². The third-order valence-electron chi connectivity index (χ3n) is 2.92. The molecule has 1 fully saturated rings. The molecule has 1 saturated heterocycles. The average Bonchev–Trinajstić information content (AvgIpc) is 2.72. The largest absolute Gasteiger partial charge is 0.472 e. The first-order valence-electron chi connectivity index (χ1n) is 4.98. The lowest BCUT2D eigenvalue weighted by molar-refractivity contribution is 0.280. The molecule has 2 heterocycles. The van der Waals surface area contributed by atoms with Crippen LogP contribution in [0.1, 0.15) is 18.4 Å². The number of nitriles is 1. The molecule has 1 aliphatic heterocycles. The highest BCUT2D eigenvalue weighted by Gasteiger charge is 2.32. The van der Waals surface area contributed by atoms with Crippen LogP contribution >= 0.6 is 0 Å². The number of rotatable bonds is 2. The second kappa shape index (κ2) is 3.85. The van der Waals surface area contributed by atoms with E-state index in [9.17, 15) is 5.26 Å². The third-order valence-corrected chi connectivity index (χ3v) is 2.92. The van der Waals surface area contributed by atoms with E-state index >= 15 is 0 Å². The molecule has 1 aliphatic rings. The van der Waals surface area contributed by atoms with Gasteiger partial charge in [0.15, 0.2) is 0 Å². The quantitative estimate of drug-likeness (QED) is 0.772. The van der Waals surface area contributed by atoms with Gasteiger partial charge < -0.3 is 9.73 Å². The molecule has 2 rings (SSSR count). The summed E-state index contributed by atoms with van der Waals surface area (Å²) in [6.45, 7) is 1.90. The normalized spacial score (nSPS) is 20.2. The minimum Gasteiger partial charge on any atom is -0.472 e. The Morgan fingerprint density at radius 3 is 2.86 bits per heavy atom. The maximum Gasteiger partial charge on any atom is 0.0935 e. The Bertz CT molecular complexity index is 318. The van der Waals surface area contributed by atoms with Gasteiger partial charge in [0.25, 0.3) is 0 Å². The van der Waals surface area contributed by atoms with Crippen molar-refractivity contribution in [1.29, 1.82) is 5.26 Å². The Hall–Kier alpha value is -1.27. The molecule has 1 aromatic heterocycles. The second-order valence-corrected chi connectivity index (χ2v) is 3.95. The van der Waals surface area contributed by atoms with Gasteiger partial charge in [-0.2, -0.15) is 5.26 Å². The average molecular weight is 190 g/mol. The molecule has 14 heavy (non-hydrogen) atoms. The van der Waals surface area contributed by atoms with Gasteiger partial charge in [-0.05, 0) is 44.0 Å². The van der Waals surface area contributed by atoms with E-state index in [4.69, 9.17) is 4.42 Å². The van der Waals surface area contributed by atoms with Crippen molar-refractivity contribution in [3.63, 3.8) is 0 Å². The van der Waals surface area contributed by atoms with E-state index in [0.717, 1.165) is 37.9 Å². The number of nitrogens with zero attached hydrogens (tertiary/aromatic N) is 1. The number of hydrogen-bond donors (Lipinski definition) is 1. The van der Waals surface area contributed by atoms with Gasteiger partial charge in [-0.15, -0.1) is 0 Å². The maximum atomic E-state index is 9.23. The van der Waals surface area contributed by atoms with Gasteiger partial charge in [-0.25, -0.2) is 0 Å². The highest BCUT2D eigenvalue weighted by Crippen LogP contribution is 2.32. The summed E-state index contributed by atoms with van der Waals surface area (Å²) >= 11 is 0. The number of furan rings is 1. The van der Waals surface area contributed by atoms with Crippen molar-refractivity contribution in [2.24, 2.45) is 5.41 Å². The minimum absolute atomic E-state index is 0.172. The van der Waals surface area contributed by atoms with Crippen LogP contribution in [0.15, 0.2) is 23.0 Å². The fourth-order valence-electron chi connectivity index (χ4n) is 2.02. The molecular weight excluding hydrogens is 176 g/mol. The van der Waals surface area contributed by atoms with Crippen molar-refractivity contribution < 1.29 is 4.42 Å². The SMILES string of the molecule is N#CC1(Cc2ccoc2)CCNCC1. The Labute approximate surface area is 83.7 Å². The maximum absolute atomic E-state index is 9.23. The molecule has 1 aromatic rings. The molecule has 0 bridgehead atoms. The molecular formula is C11H14N2O. The fourth-order valence-corrected chi connectivity index (χ4v) is 2.02. The van der Waals surface area contributed by atoms with E-state index in [1.807, 2.05) is 6.07 Å². The molecule has 3 heteroatoms. The predicted octanol–water partition coefficient (Wildman–Crippen LogP) is 1.72. The Balaban J connectivity index is 2.09. The first-order valence-corrected chi connectivity index (χ1v) is 4.98. The first-order chi connectivity index (χ1) is 6.85. The van der Waals surface area contributed by atoms with Gasteiger partial charge in [0, 0.05) is 0 Å². The van der Waals surface area contributed by atoms with Crippen molar-refractivity contribution in [3.05, 3.63) is 24.2 Å². The van der Waals surface area contributed by atoms with Crippen molar-refractivity contribution in [2.45, 2.75) is 19.3 Å². The van der Waals surface area contributed by atoms with Gasteiger partial charge in [0.2, 0.25) is 0 Å². The van der Waals surface area contributed by atoms with Crippen molar-refractivity contribution in [1.82, 2.24) is 5.32 Å².